The van der Waals surface area contributed by atoms with E-state index in [2.05, 4.69) is 32.1 Å². The van der Waals surface area contributed by atoms with Crippen molar-refractivity contribution in [1.82, 2.24) is 9.88 Å². The summed E-state index contributed by atoms with van der Waals surface area (Å²) in [6.07, 6.45) is 1.91. The van der Waals surface area contributed by atoms with Gasteiger partial charge in [0.15, 0.2) is 5.60 Å². The van der Waals surface area contributed by atoms with Crippen molar-refractivity contribution < 1.29 is 14.6 Å². The zero-order valence-electron chi connectivity index (χ0n) is 21.2. The van der Waals surface area contributed by atoms with Crippen LogP contribution in [0.1, 0.15) is 44.0 Å². The molecule has 5 N–H and O–H groups in total. The van der Waals surface area contributed by atoms with E-state index in [0.717, 1.165) is 0 Å². The molecule has 3 heterocycles. The molecule has 0 aliphatic carbocycles. The lowest BCUT2D eigenvalue weighted by Gasteiger charge is -2.35. The number of nitrogens with one attached hydrogen (secondary N) is 2. The van der Waals surface area contributed by atoms with Crippen LogP contribution in [0.25, 0.3) is 0 Å². The highest BCUT2D eigenvalue weighted by Gasteiger charge is 2.29. The fourth-order valence-electron chi connectivity index (χ4n) is 4.22. The first-order valence-electron chi connectivity index (χ1n) is 12.1. The fourth-order valence-corrected chi connectivity index (χ4v) is 4.22. The van der Waals surface area contributed by atoms with Gasteiger partial charge in [-0.15, -0.1) is 0 Å². The summed E-state index contributed by atoms with van der Waals surface area (Å²) in [5, 5.41) is 22.8. The lowest BCUT2D eigenvalue weighted by molar-refractivity contribution is -0.136. The molecule has 0 radical (unpaired) electrons. The number of benzene rings is 1. The van der Waals surface area contributed by atoms with Gasteiger partial charge >= 0.3 is 0 Å². The molecule has 2 aliphatic rings. The molecule has 2 aromatic rings. The van der Waals surface area contributed by atoms with Gasteiger partial charge in [0.25, 0.3) is 5.91 Å². The quantitative estimate of drug-likeness (QED) is 0.371. The number of aliphatic hydroxyl groups is 1. The topological polar surface area (TPSA) is 149 Å². The molecule has 10 nitrogen and oxygen atoms in total. The minimum atomic E-state index is -1.46. The number of ether oxygens (including phenoxy) is 1. The van der Waals surface area contributed by atoms with Gasteiger partial charge in [-0.2, -0.15) is 0 Å². The van der Waals surface area contributed by atoms with Crippen LogP contribution in [0.3, 0.4) is 0 Å². The lowest BCUT2D eigenvalue weighted by atomic mass is 10.00. The molecular weight excluding hydrogens is 470 g/mol. The van der Waals surface area contributed by atoms with Gasteiger partial charge in [0.1, 0.15) is 11.5 Å². The predicted molar refractivity (Wildman–Crippen MR) is 143 cm³/mol. The average Bonchev–Trinajstić information content (AvgIpc) is 2.87. The number of hydrogen-bond acceptors (Lipinski definition) is 9. The van der Waals surface area contributed by atoms with E-state index in [-0.39, 0.29) is 29.8 Å². The number of amidine groups is 1. The van der Waals surface area contributed by atoms with Crippen molar-refractivity contribution >= 4 is 29.1 Å². The molecule has 1 aromatic heterocycles. The van der Waals surface area contributed by atoms with Gasteiger partial charge in [-0.25, -0.2) is 4.99 Å². The summed E-state index contributed by atoms with van der Waals surface area (Å²) in [6, 6.07) is 10.4. The van der Waals surface area contributed by atoms with Crippen molar-refractivity contribution in [1.29, 1.82) is 5.41 Å². The van der Waals surface area contributed by atoms with Crippen molar-refractivity contribution in [2.45, 2.75) is 45.0 Å². The van der Waals surface area contributed by atoms with Crippen LogP contribution in [-0.4, -0.2) is 70.2 Å². The van der Waals surface area contributed by atoms with E-state index >= 15 is 0 Å². The summed E-state index contributed by atoms with van der Waals surface area (Å²) in [7, 11) is 0. The third kappa shape index (κ3) is 6.39. The monoisotopic (exact) mass is 501 g/mol. The maximum Gasteiger partial charge on any atom is 0.272 e. The number of guanidine groups is 1. The summed E-state index contributed by atoms with van der Waals surface area (Å²) in [6.45, 7) is 6.72. The summed E-state index contributed by atoms with van der Waals surface area (Å²) in [4.78, 5) is 27.4. The van der Waals surface area contributed by atoms with Crippen LogP contribution in [-0.2, 0) is 15.1 Å². The van der Waals surface area contributed by atoms with E-state index in [1.54, 1.807) is 54.4 Å². The van der Waals surface area contributed by atoms with E-state index in [1.165, 1.54) is 0 Å². The molecule has 0 spiro atoms. The summed E-state index contributed by atoms with van der Waals surface area (Å²) >= 11 is 0. The molecule has 1 aromatic carbocycles. The number of anilines is 1. The molecule has 37 heavy (non-hydrogen) atoms. The van der Waals surface area contributed by atoms with Crippen molar-refractivity contribution in [3.05, 3.63) is 59.4 Å². The van der Waals surface area contributed by atoms with E-state index in [4.69, 9.17) is 15.9 Å². The Morgan fingerprint density at radius 3 is 2.70 bits per heavy atom. The van der Waals surface area contributed by atoms with Gasteiger partial charge in [0.05, 0.1) is 23.6 Å². The highest BCUT2D eigenvalue weighted by molar-refractivity contribution is 6.45. The number of nitrogens with zero attached hydrogens (tertiary/aromatic N) is 4. The Labute approximate surface area is 216 Å². The third-order valence-electron chi connectivity index (χ3n) is 5.97. The molecule has 1 fully saturated rings. The molecule has 10 heteroatoms. The Morgan fingerprint density at radius 1 is 1.27 bits per heavy atom. The SMILES string of the molecule is C[C@@H]1CN(C(=O)C(=N)c2ccc(C#CC(C)(O)c3ccccn3)cc2NC2=NC(N)=NCC2)C[C@@H](C)O1. The summed E-state index contributed by atoms with van der Waals surface area (Å²) in [5.74, 6) is 6.22. The number of carbonyl (C=O) groups is 1. The van der Waals surface area contributed by atoms with Crippen LogP contribution in [0.2, 0.25) is 0 Å². The summed E-state index contributed by atoms with van der Waals surface area (Å²) in [5.41, 5.74) is 6.08. The molecule has 0 bridgehead atoms. The van der Waals surface area contributed by atoms with E-state index < -0.39 is 5.60 Å². The molecule has 1 saturated heterocycles. The Kier molecular flexibility index (Phi) is 7.66. The van der Waals surface area contributed by atoms with Crippen LogP contribution in [0, 0.1) is 17.3 Å². The number of nitrogens with two attached hydrogens (primary N) is 1. The van der Waals surface area contributed by atoms with E-state index in [0.29, 0.717) is 54.4 Å². The first-order chi connectivity index (χ1) is 17.6. The minimum Gasteiger partial charge on any atom is -0.372 e. The number of aliphatic imine (C=N–C) groups is 2. The van der Waals surface area contributed by atoms with E-state index in [9.17, 15) is 9.90 Å². The van der Waals surface area contributed by atoms with Gasteiger partial charge in [0, 0.05) is 43.4 Å². The van der Waals surface area contributed by atoms with Crippen molar-refractivity contribution in [3.8, 4) is 11.8 Å². The van der Waals surface area contributed by atoms with Crippen molar-refractivity contribution in [2.75, 3.05) is 25.0 Å². The van der Waals surface area contributed by atoms with Crippen molar-refractivity contribution in [2.24, 2.45) is 15.7 Å². The van der Waals surface area contributed by atoms with Crippen LogP contribution in [0.4, 0.5) is 5.69 Å². The summed E-state index contributed by atoms with van der Waals surface area (Å²) < 4.78 is 5.73. The average molecular weight is 502 g/mol. The Bertz CT molecular complexity index is 1300. The van der Waals surface area contributed by atoms with Gasteiger partial charge in [0.2, 0.25) is 5.96 Å². The molecule has 0 saturated carbocycles. The molecular formula is C27H31N7O3. The minimum absolute atomic E-state index is 0.110. The maximum atomic E-state index is 13.3. The fraction of sp³-hybridized carbons (Fsp3) is 0.370. The van der Waals surface area contributed by atoms with Crippen LogP contribution >= 0.6 is 0 Å². The second-order valence-corrected chi connectivity index (χ2v) is 9.31. The van der Waals surface area contributed by atoms with Crippen LogP contribution < -0.4 is 11.1 Å². The maximum absolute atomic E-state index is 13.3. The highest BCUT2D eigenvalue weighted by Crippen LogP contribution is 2.23. The number of rotatable bonds is 4. The Morgan fingerprint density at radius 2 is 2.03 bits per heavy atom. The van der Waals surface area contributed by atoms with Gasteiger partial charge < -0.3 is 25.8 Å². The number of aromatic nitrogens is 1. The Hall–Kier alpha value is -4.07. The molecule has 2 aliphatic heterocycles. The largest absolute Gasteiger partial charge is 0.372 e. The van der Waals surface area contributed by atoms with E-state index in [1.807, 2.05) is 13.8 Å². The van der Waals surface area contributed by atoms with Gasteiger partial charge in [-0.05, 0) is 51.1 Å². The number of carbonyl (C=O) groups excluding carboxylic acids is 1. The highest BCUT2D eigenvalue weighted by atomic mass is 16.5. The van der Waals surface area contributed by atoms with Crippen LogP contribution in [0.5, 0.6) is 0 Å². The molecule has 1 unspecified atom stereocenters. The second-order valence-electron chi connectivity index (χ2n) is 9.31. The predicted octanol–water partition coefficient (Wildman–Crippen LogP) is 1.87. The lowest BCUT2D eigenvalue weighted by Crippen LogP contribution is -2.50. The molecule has 192 valence electrons. The number of morpholine rings is 1. The number of hydrogen-bond donors (Lipinski definition) is 4. The van der Waals surface area contributed by atoms with Gasteiger partial charge in [-0.3, -0.25) is 20.2 Å². The van der Waals surface area contributed by atoms with Crippen LogP contribution in [0.15, 0.2) is 52.6 Å². The van der Waals surface area contributed by atoms with Crippen molar-refractivity contribution in [3.63, 3.8) is 0 Å². The standard InChI is InChI=1S/C27H31N7O3/c1-17-15-34(16-18(2)37-17)25(35)24(28)20-8-7-19(9-11-27(3,36)22-6-4-5-12-30-22)14-21(20)32-23-10-13-31-26(29)33-23/h4-8,12,14,17-18,28,36H,10,13,15-16H2,1-3H3,(H3,29,31,32,33)/t17-,18-,27?/m1/s1. The molecule has 1 amide bonds. The zero-order chi connectivity index (χ0) is 26.6. The molecule has 4 rings (SSSR count). The smallest absolute Gasteiger partial charge is 0.272 e. The third-order valence-corrected chi connectivity index (χ3v) is 5.97. The number of amides is 1. The first kappa shape index (κ1) is 26.0. The van der Waals surface area contributed by atoms with Gasteiger partial charge in [-0.1, -0.05) is 17.9 Å². The first-order valence-corrected chi connectivity index (χ1v) is 12.1. The second kappa shape index (κ2) is 10.9. The zero-order valence-corrected chi connectivity index (χ0v) is 21.2. The number of pyridine rings is 1. The molecule has 3 atom stereocenters. The Balaban J connectivity index is 1.66. The normalized spacial score (nSPS) is 21.0.